The second-order valence-electron chi connectivity index (χ2n) is 4.58. The van der Waals surface area contributed by atoms with E-state index in [1.807, 2.05) is 0 Å². The normalized spacial score (nSPS) is 19.7. The highest BCUT2D eigenvalue weighted by Crippen LogP contribution is 2.14. The molecule has 0 bridgehead atoms. The minimum Gasteiger partial charge on any atom is -0.393 e. The van der Waals surface area contributed by atoms with Gasteiger partial charge in [0.1, 0.15) is 0 Å². The molecule has 4 heteroatoms. The molecule has 0 amide bonds. The van der Waals surface area contributed by atoms with E-state index in [4.69, 9.17) is 18.0 Å². The number of nitrogens with two attached hydrogens (primary N) is 1. The Hall–Kier alpha value is -0.190. The standard InChI is InChI=1S/C11H23N3S/c1-13-8-5-10(6-9-13)14(2)7-3-4-11(12)15/h10H,3-9H2,1-2H3,(H2,12,15). The summed E-state index contributed by atoms with van der Waals surface area (Å²) < 4.78 is 0. The average molecular weight is 229 g/mol. The van der Waals surface area contributed by atoms with Crippen molar-refractivity contribution in [3.8, 4) is 0 Å². The Balaban J connectivity index is 2.16. The third kappa shape index (κ3) is 4.91. The van der Waals surface area contributed by atoms with Crippen LogP contribution >= 0.6 is 12.2 Å². The first kappa shape index (κ1) is 12.9. The molecule has 0 aromatic rings. The summed E-state index contributed by atoms with van der Waals surface area (Å²) in [4.78, 5) is 5.51. The lowest BCUT2D eigenvalue weighted by Gasteiger charge is -2.35. The topological polar surface area (TPSA) is 32.5 Å². The molecule has 1 saturated heterocycles. The van der Waals surface area contributed by atoms with Crippen LogP contribution in [0.15, 0.2) is 0 Å². The predicted octanol–water partition coefficient (Wildman–Crippen LogP) is 1.08. The van der Waals surface area contributed by atoms with Gasteiger partial charge in [-0.3, -0.25) is 0 Å². The van der Waals surface area contributed by atoms with Gasteiger partial charge in [-0.05, 0) is 59.4 Å². The fourth-order valence-corrected chi connectivity index (χ4v) is 2.27. The Kier molecular flexibility index (Phi) is 5.50. The molecule has 0 atom stereocenters. The Labute approximate surface area is 98.6 Å². The molecule has 3 nitrogen and oxygen atoms in total. The van der Waals surface area contributed by atoms with E-state index in [0.29, 0.717) is 4.99 Å². The molecular weight excluding hydrogens is 206 g/mol. The minimum atomic E-state index is 0.645. The zero-order chi connectivity index (χ0) is 11.3. The van der Waals surface area contributed by atoms with Crippen LogP contribution in [0.25, 0.3) is 0 Å². The summed E-state index contributed by atoms with van der Waals surface area (Å²) in [6.45, 7) is 3.57. The predicted molar refractivity (Wildman–Crippen MR) is 69.2 cm³/mol. The summed E-state index contributed by atoms with van der Waals surface area (Å²) in [6.07, 6.45) is 4.56. The molecule has 0 aromatic carbocycles. The van der Waals surface area contributed by atoms with Crippen molar-refractivity contribution in [1.29, 1.82) is 0 Å². The van der Waals surface area contributed by atoms with E-state index in [-0.39, 0.29) is 0 Å². The monoisotopic (exact) mass is 229 g/mol. The van der Waals surface area contributed by atoms with E-state index in [0.717, 1.165) is 25.4 Å². The summed E-state index contributed by atoms with van der Waals surface area (Å²) in [5, 5.41) is 0. The highest BCUT2D eigenvalue weighted by atomic mass is 32.1. The minimum absolute atomic E-state index is 0.645. The summed E-state index contributed by atoms with van der Waals surface area (Å²) in [5.41, 5.74) is 5.48. The van der Waals surface area contributed by atoms with Gasteiger partial charge in [0.25, 0.3) is 0 Å². The van der Waals surface area contributed by atoms with Gasteiger partial charge in [0, 0.05) is 6.04 Å². The summed E-state index contributed by atoms with van der Waals surface area (Å²) >= 11 is 4.87. The van der Waals surface area contributed by atoms with Gasteiger partial charge < -0.3 is 15.5 Å². The van der Waals surface area contributed by atoms with Gasteiger partial charge in [0.15, 0.2) is 0 Å². The third-order valence-electron chi connectivity index (χ3n) is 3.25. The molecule has 0 saturated carbocycles. The molecular formula is C11H23N3S. The zero-order valence-electron chi connectivity index (χ0n) is 9.91. The van der Waals surface area contributed by atoms with Gasteiger partial charge in [0.2, 0.25) is 0 Å². The molecule has 1 heterocycles. The van der Waals surface area contributed by atoms with E-state index in [1.54, 1.807) is 0 Å². The maximum Gasteiger partial charge on any atom is 0.0727 e. The number of piperidine rings is 1. The van der Waals surface area contributed by atoms with Crippen molar-refractivity contribution in [2.75, 3.05) is 33.7 Å². The van der Waals surface area contributed by atoms with E-state index in [1.165, 1.54) is 25.9 Å². The molecule has 0 aromatic heterocycles. The van der Waals surface area contributed by atoms with Gasteiger partial charge in [-0.25, -0.2) is 0 Å². The van der Waals surface area contributed by atoms with Crippen LogP contribution in [0.3, 0.4) is 0 Å². The highest BCUT2D eigenvalue weighted by Gasteiger charge is 2.19. The van der Waals surface area contributed by atoms with Crippen molar-refractivity contribution in [3.05, 3.63) is 0 Å². The van der Waals surface area contributed by atoms with Crippen molar-refractivity contribution in [3.63, 3.8) is 0 Å². The molecule has 1 aliphatic heterocycles. The number of hydrogen-bond donors (Lipinski definition) is 1. The molecule has 1 fully saturated rings. The maximum atomic E-state index is 5.48. The summed E-state index contributed by atoms with van der Waals surface area (Å²) in [5.74, 6) is 0. The van der Waals surface area contributed by atoms with Crippen LogP contribution in [0.1, 0.15) is 25.7 Å². The lowest BCUT2D eigenvalue weighted by atomic mass is 10.0. The number of thiocarbonyl (C=S) groups is 1. The average Bonchev–Trinajstić information content (AvgIpc) is 2.18. The van der Waals surface area contributed by atoms with Crippen LogP contribution in [-0.4, -0.2) is 54.6 Å². The van der Waals surface area contributed by atoms with Gasteiger partial charge in [0.05, 0.1) is 4.99 Å². The molecule has 15 heavy (non-hydrogen) atoms. The number of rotatable bonds is 5. The molecule has 2 N–H and O–H groups in total. The number of nitrogens with zero attached hydrogens (tertiary/aromatic N) is 2. The van der Waals surface area contributed by atoms with Gasteiger partial charge in [-0.2, -0.15) is 0 Å². The number of likely N-dealkylation sites (tertiary alicyclic amines) is 1. The van der Waals surface area contributed by atoms with E-state index < -0.39 is 0 Å². The van der Waals surface area contributed by atoms with Crippen molar-refractivity contribution in [2.24, 2.45) is 5.73 Å². The van der Waals surface area contributed by atoms with Gasteiger partial charge >= 0.3 is 0 Å². The Morgan fingerprint density at radius 1 is 1.47 bits per heavy atom. The first-order valence-corrected chi connectivity index (χ1v) is 6.17. The van der Waals surface area contributed by atoms with Crippen molar-refractivity contribution < 1.29 is 0 Å². The van der Waals surface area contributed by atoms with Crippen LogP contribution in [0.2, 0.25) is 0 Å². The van der Waals surface area contributed by atoms with Crippen LogP contribution in [-0.2, 0) is 0 Å². The molecule has 0 radical (unpaired) electrons. The fourth-order valence-electron chi connectivity index (χ4n) is 2.12. The molecule has 88 valence electrons. The maximum absolute atomic E-state index is 5.48. The van der Waals surface area contributed by atoms with E-state index in [9.17, 15) is 0 Å². The second-order valence-corrected chi connectivity index (χ2v) is 5.11. The van der Waals surface area contributed by atoms with Crippen LogP contribution in [0.5, 0.6) is 0 Å². The quantitative estimate of drug-likeness (QED) is 0.715. The Morgan fingerprint density at radius 3 is 2.60 bits per heavy atom. The first-order valence-electron chi connectivity index (χ1n) is 5.76. The first-order chi connectivity index (χ1) is 7.09. The van der Waals surface area contributed by atoms with Crippen molar-refractivity contribution in [1.82, 2.24) is 9.80 Å². The van der Waals surface area contributed by atoms with Crippen LogP contribution < -0.4 is 5.73 Å². The van der Waals surface area contributed by atoms with Gasteiger partial charge in [-0.15, -0.1) is 0 Å². The largest absolute Gasteiger partial charge is 0.393 e. The van der Waals surface area contributed by atoms with Gasteiger partial charge in [-0.1, -0.05) is 12.2 Å². The second kappa shape index (κ2) is 6.40. The summed E-state index contributed by atoms with van der Waals surface area (Å²) in [7, 11) is 4.42. The lowest BCUT2D eigenvalue weighted by Crippen LogP contribution is -2.42. The smallest absolute Gasteiger partial charge is 0.0727 e. The van der Waals surface area contributed by atoms with Crippen molar-refractivity contribution in [2.45, 2.75) is 31.7 Å². The van der Waals surface area contributed by atoms with Crippen LogP contribution in [0, 0.1) is 0 Å². The zero-order valence-corrected chi connectivity index (χ0v) is 10.7. The molecule has 0 aliphatic carbocycles. The molecule has 1 rings (SSSR count). The fraction of sp³-hybridized carbons (Fsp3) is 0.909. The lowest BCUT2D eigenvalue weighted by molar-refractivity contribution is 0.144. The molecule has 0 spiro atoms. The number of hydrogen-bond acceptors (Lipinski definition) is 3. The Bertz CT molecular complexity index is 200. The van der Waals surface area contributed by atoms with Crippen LogP contribution in [0.4, 0.5) is 0 Å². The molecule has 1 aliphatic rings. The van der Waals surface area contributed by atoms with Crippen molar-refractivity contribution >= 4 is 17.2 Å². The van der Waals surface area contributed by atoms with E-state index in [2.05, 4.69) is 23.9 Å². The Morgan fingerprint density at radius 2 is 2.07 bits per heavy atom. The SMILES string of the molecule is CN1CCC(N(C)CCCC(N)=S)CC1. The third-order valence-corrected chi connectivity index (χ3v) is 3.45. The van der Waals surface area contributed by atoms with E-state index >= 15 is 0 Å². The summed E-state index contributed by atoms with van der Waals surface area (Å²) in [6, 6.07) is 0.757. The molecule has 0 unspecified atom stereocenters. The highest BCUT2D eigenvalue weighted by molar-refractivity contribution is 7.80.